The lowest BCUT2D eigenvalue weighted by Crippen LogP contribution is -2.04. The van der Waals surface area contributed by atoms with E-state index in [0.29, 0.717) is 0 Å². The molecule has 96 valence electrons. The van der Waals surface area contributed by atoms with Crippen LogP contribution in [0.5, 0.6) is 0 Å². The van der Waals surface area contributed by atoms with Crippen LogP contribution in [0.15, 0.2) is 48.5 Å². The molecular formula is C18H14N2. The minimum atomic E-state index is 0.919. The highest BCUT2D eigenvalue weighted by molar-refractivity contribution is 5.83. The number of hydrogen-bond donors (Lipinski definition) is 2. The van der Waals surface area contributed by atoms with Crippen molar-refractivity contribution in [1.29, 1.82) is 0 Å². The average Bonchev–Trinajstić information content (AvgIpc) is 2.96. The summed E-state index contributed by atoms with van der Waals surface area (Å²) in [5.74, 6) is 0. The summed E-state index contributed by atoms with van der Waals surface area (Å²) in [5, 5.41) is 6.44. The summed E-state index contributed by atoms with van der Waals surface area (Å²) >= 11 is 0. The first-order valence-electron chi connectivity index (χ1n) is 6.61. The van der Waals surface area contributed by atoms with Crippen molar-refractivity contribution in [3.63, 3.8) is 0 Å². The van der Waals surface area contributed by atoms with Gasteiger partial charge in [-0.15, -0.1) is 0 Å². The molecule has 0 unspecified atom stereocenters. The Hall–Kier alpha value is -2.74. The smallest absolute Gasteiger partial charge is 0.0560 e. The van der Waals surface area contributed by atoms with Gasteiger partial charge in [-0.2, -0.15) is 0 Å². The molecule has 0 aliphatic heterocycles. The third-order valence-electron chi connectivity index (χ3n) is 3.85. The topological polar surface area (TPSA) is 31.6 Å². The van der Waals surface area contributed by atoms with Crippen LogP contribution < -0.4 is 10.6 Å². The van der Waals surface area contributed by atoms with Crippen molar-refractivity contribution in [1.82, 2.24) is 9.97 Å². The monoisotopic (exact) mass is 258 g/mol. The van der Waals surface area contributed by atoms with E-state index in [9.17, 15) is 0 Å². The molecule has 0 bridgehead atoms. The van der Waals surface area contributed by atoms with Crippen LogP contribution in [0.3, 0.4) is 0 Å². The molecule has 2 aromatic carbocycles. The van der Waals surface area contributed by atoms with Gasteiger partial charge < -0.3 is 9.97 Å². The van der Waals surface area contributed by atoms with Crippen LogP contribution in [-0.4, -0.2) is 9.97 Å². The maximum Gasteiger partial charge on any atom is 0.0560 e. The summed E-state index contributed by atoms with van der Waals surface area (Å²) in [5.41, 5.74) is 2.21. The third kappa shape index (κ3) is 1.39. The minimum Gasteiger partial charge on any atom is -0.355 e. The largest absolute Gasteiger partial charge is 0.355 e. The SMILES string of the molecule is C=c1[nH]c2ccccc2/c1=c1\[nH]c2ccccc2c1=C. The molecule has 2 heteroatoms. The van der Waals surface area contributed by atoms with Crippen molar-refractivity contribution in [2.24, 2.45) is 0 Å². The zero-order chi connectivity index (χ0) is 13.7. The number of hydrogen-bond acceptors (Lipinski definition) is 0. The predicted molar refractivity (Wildman–Crippen MR) is 84.6 cm³/mol. The zero-order valence-electron chi connectivity index (χ0n) is 11.0. The Labute approximate surface area is 115 Å². The number of rotatable bonds is 0. The molecule has 0 aliphatic rings. The molecule has 2 aromatic heterocycles. The molecule has 2 N–H and O–H groups in total. The second-order valence-corrected chi connectivity index (χ2v) is 5.05. The lowest BCUT2D eigenvalue weighted by Gasteiger charge is -1.86. The number of benzene rings is 2. The second kappa shape index (κ2) is 3.87. The van der Waals surface area contributed by atoms with Gasteiger partial charge in [0.25, 0.3) is 0 Å². The molecule has 0 fully saturated rings. The maximum atomic E-state index is 4.24. The van der Waals surface area contributed by atoms with Crippen molar-refractivity contribution >= 4 is 35.0 Å². The van der Waals surface area contributed by atoms with Crippen LogP contribution in [0.4, 0.5) is 0 Å². The summed E-state index contributed by atoms with van der Waals surface area (Å²) < 4.78 is 0. The van der Waals surface area contributed by atoms with E-state index >= 15 is 0 Å². The molecule has 4 aromatic rings. The predicted octanol–water partition coefficient (Wildman–Crippen LogP) is 2.76. The Morgan fingerprint density at radius 1 is 0.700 bits per heavy atom. The number of aromatic amines is 2. The van der Waals surface area contributed by atoms with Gasteiger partial charge in [-0.25, -0.2) is 0 Å². The normalized spacial score (nSPS) is 13.2. The van der Waals surface area contributed by atoms with Crippen molar-refractivity contribution in [3.05, 3.63) is 69.7 Å². The first kappa shape index (κ1) is 11.1. The van der Waals surface area contributed by atoms with Crippen LogP contribution in [0.25, 0.3) is 35.0 Å². The standard InChI is InChI=1S/C18H14N2/c1-11-13-7-3-5-9-15(13)20-18(11)17-12(2)19-16-10-6-4-8-14(16)17/h3-10,19-20H,1-2H2/b18-17-. The van der Waals surface area contributed by atoms with E-state index in [1.807, 2.05) is 24.3 Å². The average molecular weight is 258 g/mol. The molecule has 0 saturated heterocycles. The van der Waals surface area contributed by atoms with Crippen molar-refractivity contribution in [2.45, 2.75) is 0 Å². The van der Waals surface area contributed by atoms with Crippen molar-refractivity contribution < 1.29 is 0 Å². The fraction of sp³-hybridized carbons (Fsp3) is 0. The Kier molecular flexibility index (Phi) is 2.15. The van der Waals surface area contributed by atoms with Crippen LogP contribution in [0, 0.1) is 10.6 Å². The number of H-pyrrole nitrogens is 2. The molecule has 20 heavy (non-hydrogen) atoms. The number of para-hydroxylation sites is 2. The van der Waals surface area contributed by atoms with E-state index in [-0.39, 0.29) is 0 Å². The highest BCUT2D eigenvalue weighted by Gasteiger charge is 2.03. The van der Waals surface area contributed by atoms with Gasteiger partial charge in [0.2, 0.25) is 0 Å². The molecule has 0 spiro atoms. The molecule has 0 atom stereocenters. The molecule has 0 amide bonds. The van der Waals surface area contributed by atoms with E-state index in [0.717, 1.165) is 37.6 Å². The van der Waals surface area contributed by atoms with Crippen LogP contribution >= 0.6 is 0 Å². The molecule has 0 saturated carbocycles. The summed E-state index contributed by atoms with van der Waals surface area (Å²) in [7, 11) is 0. The summed E-state index contributed by atoms with van der Waals surface area (Å²) in [6.45, 7) is 8.38. The van der Waals surface area contributed by atoms with Gasteiger partial charge in [-0.05, 0) is 12.1 Å². The van der Waals surface area contributed by atoms with E-state index < -0.39 is 0 Å². The van der Waals surface area contributed by atoms with Gasteiger partial charge in [-0.1, -0.05) is 49.6 Å². The van der Waals surface area contributed by atoms with Gasteiger partial charge in [0.15, 0.2) is 0 Å². The van der Waals surface area contributed by atoms with E-state index in [1.165, 1.54) is 5.39 Å². The first-order valence-corrected chi connectivity index (χ1v) is 6.61. The fourth-order valence-corrected chi connectivity index (χ4v) is 2.90. The minimum absolute atomic E-state index is 0.919. The molecule has 0 radical (unpaired) electrons. The van der Waals surface area contributed by atoms with Crippen molar-refractivity contribution in [2.75, 3.05) is 0 Å². The third-order valence-corrected chi connectivity index (χ3v) is 3.85. The molecule has 0 aliphatic carbocycles. The molecular weight excluding hydrogens is 244 g/mol. The fourth-order valence-electron chi connectivity index (χ4n) is 2.90. The van der Waals surface area contributed by atoms with Crippen LogP contribution in [0.2, 0.25) is 0 Å². The van der Waals surface area contributed by atoms with Gasteiger partial charge in [-0.3, -0.25) is 0 Å². The summed E-state index contributed by atoms with van der Waals surface area (Å²) in [6.07, 6.45) is 0. The lowest BCUT2D eigenvalue weighted by molar-refractivity contribution is 1.29. The van der Waals surface area contributed by atoms with Gasteiger partial charge in [0, 0.05) is 37.6 Å². The van der Waals surface area contributed by atoms with Gasteiger partial charge in [0.1, 0.15) is 0 Å². The van der Waals surface area contributed by atoms with Crippen molar-refractivity contribution in [3.8, 4) is 0 Å². The molecule has 2 heterocycles. The first-order chi connectivity index (χ1) is 9.75. The zero-order valence-corrected chi connectivity index (χ0v) is 11.0. The van der Waals surface area contributed by atoms with E-state index in [1.54, 1.807) is 0 Å². The molecule has 2 nitrogen and oxygen atoms in total. The Morgan fingerprint density at radius 3 is 2.00 bits per heavy atom. The van der Waals surface area contributed by atoms with Gasteiger partial charge in [0.05, 0.1) is 5.35 Å². The maximum absolute atomic E-state index is 4.24. The summed E-state index contributed by atoms with van der Waals surface area (Å²) in [6, 6.07) is 16.5. The van der Waals surface area contributed by atoms with Crippen LogP contribution in [0.1, 0.15) is 0 Å². The van der Waals surface area contributed by atoms with Gasteiger partial charge >= 0.3 is 0 Å². The summed E-state index contributed by atoms with van der Waals surface area (Å²) in [4.78, 5) is 6.81. The molecule has 4 rings (SSSR count). The second-order valence-electron chi connectivity index (χ2n) is 5.05. The number of nitrogens with one attached hydrogen (secondary N) is 2. The van der Waals surface area contributed by atoms with E-state index in [2.05, 4.69) is 47.4 Å². The quantitative estimate of drug-likeness (QED) is 0.486. The van der Waals surface area contributed by atoms with E-state index in [4.69, 9.17) is 0 Å². The lowest BCUT2D eigenvalue weighted by atomic mass is 10.2. The number of aromatic nitrogens is 2. The van der Waals surface area contributed by atoms with Crippen LogP contribution in [-0.2, 0) is 0 Å². The Morgan fingerprint density at radius 2 is 1.30 bits per heavy atom. The highest BCUT2D eigenvalue weighted by Crippen LogP contribution is 2.12. The Bertz CT molecular complexity index is 1130. The number of fused-ring (bicyclic) bond motifs is 2. The Balaban J connectivity index is 2.42. The highest BCUT2D eigenvalue weighted by atomic mass is 14.7.